The van der Waals surface area contributed by atoms with Gasteiger partial charge >= 0.3 is 0 Å². The lowest BCUT2D eigenvalue weighted by Gasteiger charge is -2.13. The Morgan fingerprint density at radius 2 is 1.37 bits per heavy atom. The van der Waals surface area contributed by atoms with E-state index in [-0.39, 0.29) is 0 Å². The molecule has 0 aliphatic rings. The number of methoxy groups -OCH3 is 4. The minimum atomic E-state index is -3.92. The molecule has 162 valence electrons. The van der Waals surface area contributed by atoms with Crippen LogP contribution in [0.25, 0.3) is 10.8 Å². The number of pyridine rings is 1. The topological polar surface area (TPSA) is 107 Å². The minimum Gasteiger partial charge on any atom is -0.748 e. The molecule has 0 bridgehead atoms. The normalized spacial score (nSPS) is 10.7. The van der Waals surface area contributed by atoms with Crippen LogP contribution in [0, 0.1) is 0 Å². The van der Waals surface area contributed by atoms with Crippen molar-refractivity contribution in [1.82, 2.24) is 4.98 Å². The van der Waals surface area contributed by atoms with Crippen LogP contribution in [0.3, 0.4) is 0 Å². The molecule has 0 fully saturated rings. The number of hydrogen-bond donors (Lipinski definition) is 0. The molecule has 0 saturated heterocycles. The van der Waals surface area contributed by atoms with Crippen LogP contribution in [-0.2, 0) is 16.5 Å². The quantitative estimate of drug-likeness (QED) is 0.545. The lowest BCUT2D eigenvalue weighted by atomic mass is 10.00. The van der Waals surface area contributed by atoms with Gasteiger partial charge in [-0.05, 0) is 47.2 Å². The summed E-state index contributed by atoms with van der Waals surface area (Å²) >= 11 is 0. The predicted molar refractivity (Wildman–Crippen MR) is 113 cm³/mol. The van der Waals surface area contributed by atoms with Crippen LogP contribution in [0.4, 0.5) is 0 Å². The van der Waals surface area contributed by atoms with Crippen molar-refractivity contribution in [2.75, 3.05) is 34.7 Å². The average Bonchev–Trinajstić information content (AvgIpc) is 2.71. The lowest BCUT2D eigenvalue weighted by Crippen LogP contribution is -1.96. The largest absolute Gasteiger partial charge is 0.748 e. The fourth-order valence-electron chi connectivity index (χ4n) is 2.91. The summed E-state index contributed by atoms with van der Waals surface area (Å²) in [4.78, 5) is 4.36. The highest BCUT2D eigenvalue weighted by atomic mass is 32.2. The van der Waals surface area contributed by atoms with E-state index >= 15 is 0 Å². The Morgan fingerprint density at radius 3 is 1.93 bits per heavy atom. The van der Waals surface area contributed by atoms with Crippen molar-refractivity contribution in [2.45, 2.75) is 6.42 Å². The van der Waals surface area contributed by atoms with Gasteiger partial charge < -0.3 is 23.5 Å². The van der Waals surface area contributed by atoms with Crippen LogP contribution in [0.15, 0.2) is 42.7 Å². The van der Waals surface area contributed by atoms with Crippen molar-refractivity contribution in [2.24, 2.45) is 0 Å². The van der Waals surface area contributed by atoms with Gasteiger partial charge in [-0.1, -0.05) is 6.07 Å². The van der Waals surface area contributed by atoms with Crippen molar-refractivity contribution >= 4 is 20.9 Å². The van der Waals surface area contributed by atoms with E-state index in [2.05, 4.69) is 4.98 Å². The van der Waals surface area contributed by atoms with Crippen molar-refractivity contribution in [3.8, 4) is 23.0 Å². The first-order valence-corrected chi connectivity index (χ1v) is 10.6. The van der Waals surface area contributed by atoms with Gasteiger partial charge in [0.25, 0.3) is 0 Å². The van der Waals surface area contributed by atoms with E-state index in [0.29, 0.717) is 29.3 Å². The highest BCUT2D eigenvalue weighted by Gasteiger charge is 2.11. The van der Waals surface area contributed by atoms with Gasteiger partial charge in [0.15, 0.2) is 23.0 Å². The second kappa shape index (κ2) is 10.1. The molecule has 0 spiro atoms. The predicted octanol–water partition coefficient (Wildman–Crippen LogP) is 3.02. The van der Waals surface area contributed by atoms with Crippen molar-refractivity contribution in [3.05, 3.63) is 53.9 Å². The minimum absolute atomic E-state index is 0.604. The zero-order chi connectivity index (χ0) is 22.3. The van der Waals surface area contributed by atoms with E-state index in [0.717, 1.165) is 28.3 Å². The smallest absolute Gasteiger partial charge is 0.161 e. The van der Waals surface area contributed by atoms with Gasteiger partial charge in [-0.25, -0.2) is 8.42 Å². The number of nitrogens with zero attached hydrogens (tertiary/aromatic N) is 1. The molecule has 0 aliphatic heterocycles. The van der Waals surface area contributed by atoms with Crippen molar-refractivity contribution < 1.29 is 31.9 Å². The summed E-state index contributed by atoms with van der Waals surface area (Å²) in [5.74, 6) is 2.83. The van der Waals surface area contributed by atoms with Gasteiger partial charge in [0.2, 0.25) is 0 Å². The average molecular weight is 434 g/mol. The van der Waals surface area contributed by atoms with E-state index in [1.165, 1.54) is 0 Å². The van der Waals surface area contributed by atoms with Crippen LogP contribution in [0.2, 0.25) is 0 Å². The Balaban J connectivity index is 0.000000575. The van der Waals surface area contributed by atoms with Gasteiger partial charge in [-0.15, -0.1) is 0 Å². The monoisotopic (exact) mass is 434 g/mol. The van der Waals surface area contributed by atoms with Gasteiger partial charge in [0.05, 0.1) is 38.6 Å². The van der Waals surface area contributed by atoms with Crippen LogP contribution in [-0.4, -0.2) is 52.6 Å². The molecule has 0 saturated carbocycles. The van der Waals surface area contributed by atoms with Crippen LogP contribution in [0.5, 0.6) is 23.0 Å². The Morgan fingerprint density at radius 1 is 0.833 bits per heavy atom. The Bertz CT molecular complexity index is 1110. The molecule has 3 rings (SSSR count). The van der Waals surface area contributed by atoms with Crippen LogP contribution < -0.4 is 18.9 Å². The molecular weight excluding hydrogens is 410 g/mol. The molecule has 2 aromatic carbocycles. The molecule has 3 aromatic rings. The molecule has 0 radical (unpaired) electrons. The Labute approximate surface area is 176 Å². The van der Waals surface area contributed by atoms with E-state index in [9.17, 15) is 0 Å². The number of aromatic nitrogens is 1. The summed E-state index contributed by atoms with van der Waals surface area (Å²) < 4.78 is 48.7. The zero-order valence-electron chi connectivity index (χ0n) is 17.5. The van der Waals surface area contributed by atoms with E-state index in [4.69, 9.17) is 31.9 Å². The van der Waals surface area contributed by atoms with Gasteiger partial charge in [-0.2, -0.15) is 0 Å². The molecule has 8 nitrogen and oxygen atoms in total. The van der Waals surface area contributed by atoms with Crippen molar-refractivity contribution in [1.29, 1.82) is 0 Å². The molecule has 1 heterocycles. The molecular formula is C21H24NO7S-. The van der Waals surface area contributed by atoms with E-state index in [1.54, 1.807) is 28.4 Å². The van der Waals surface area contributed by atoms with Gasteiger partial charge in [-0.3, -0.25) is 4.98 Å². The SMILES string of the molecule is COc1ccc(Cc2cncc3cc(OC)c(OC)cc23)cc1OC.CS(=O)(=O)[O-]. The molecule has 0 atom stereocenters. The number of hydrogen-bond acceptors (Lipinski definition) is 8. The summed E-state index contributed by atoms with van der Waals surface area (Å²) in [6, 6.07) is 9.86. The van der Waals surface area contributed by atoms with Crippen molar-refractivity contribution in [3.63, 3.8) is 0 Å². The summed E-state index contributed by atoms with van der Waals surface area (Å²) in [7, 11) is 2.62. The zero-order valence-corrected chi connectivity index (χ0v) is 18.3. The summed E-state index contributed by atoms with van der Waals surface area (Å²) in [6.07, 6.45) is 5.04. The molecule has 1 aromatic heterocycles. The van der Waals surface area contributed by atoms with Crippen LogP contribution in [0.1, 0.15) is 11.1 Å². The molecule has 30 heavy (non-hydrogen) atoms. The number of benzene rings is 2. The number of fused-ring (bicyclic) bond motifs is 1. The lowest BCUT2D eigenvalue weighted by molar-refractivity contribution is 0.354. The third kappa shape index (κ3) is 6.23. The molecule has 0 N–H and O–H groups in total. The summed E-state index contributed by atoms with van der Waals surface area (Å²) in [6.45, 7) is 0. The first kappa shape index (κ1) is 23.2. The number of ether oxygens (including phenoxy) is 4. The second-order valence-electron chi connectivity index (χ2n) is 6.30. The molecule has 0 amide bonds. The third-order valence-corrected chi connectivity index (χ3v) is 4.19. The van der Waals surface area contributed by atoms with E-state index < -0.39 is 10.1 Å². The van der Waals surface area contributed by atoms with Gasteiger partial charge in [0.1, 0.15) is 0 Å². The standard InChI is InChI=1S/C20H21NO4.CH4O3S/c1-22-17-6-5-13(8-18(17)23-2)7-14-11-21-12-15-9-19(24-3)20(25-4)10-16(14)15;1-5(2,3)4/h5-6,8-12H,7H2,1-4H3;1H3,(H,2,3,4)/p-1. The third-order valence-electron chi connectivity index (χ3n) is 4.19. The second-order valence-corrected chi connectivity index (χ2v) is 7.71. The maximum atomic E-state index is 9.08. The number of rotatable bonds is 6. The summed E-state index contributed by atoms with van der Waals surface area (Å²) in [5, 5.41) is 2.10. The first-order chi connectivity index (χ1) is 14.2. The highest BCUT2D eigenvalue weighted by molar-refractivity contribution is 7.84. The molecule has 0 unspecified atom stereocenters. The highest BCUT2D eigenvalue weighted by Crippen LogP contribution is 2.34. The van der Waals surface area contributed by atoms with E-state index in [1.807, 2.05) is 42.7 Å². The Hall–Kier alpha value is -3.04. The molecule has 0 aliphatic carbocycles. The van der Waals surface area contributed by atoms with Crippen LogP contribution >= 0.6 is 0 Å². The Kier molecular flexibility index (Phi) is 7.85. The fraction of sp³-hybridized carbons (Fsp3) is 0.286. The molecule has 9 heteroatoms. The first-order valence-electron chi connectivity index (χ1n) is 8.80. The fourth-order valence-corrected chi connectivity index (χ4v) is 2.91. The van der Waals surface area contributed by atoms with Gasteiger partial charge in [0, 0.05) is 24.0 Å². The summed E-state index contributed by atoms with van der Waals surface area (Å²) in [5.41, 5.74) is 2.22. The maximum Gasteiger partial charge on any atom is 0.161 e. The maximum absolute atomic E-state index is 9.08.